The lowest BCUT2D eigenvalue weighted by Gasteiger charge is -2.29. The Bertz CT molecular complexity index is 510. The molecule has 1 aromatic rings. The normalized spacial score (nSPS) is 15.9. The number of amides is 2. The van der Waals surface area contributed by atoms with Gasteiger partial charge in [-0.3, -0.25) is 14.5 Å². The molecule has 0 aliphatic carbocycles. The quantitative estimate of drug-likeness (QED) is 0.613. The van der Waals surface area contributed by atoms with E-state index >= 15 is 0 Å². The van der Waals surface area contributed by atoms with Crippen molar-refractivity contribution in [2.75, 3.05) is 0 Å². The van der Waals surface area contributed by atoms with E-state index in [0.717, 1.165) is 5.57 Å². The molecule has 1 atom stereocenters. The van der Waals surface area contributed by atoms with Crippen LogP contribution in [0.1, 0.15) is 47.9 Å². The Balaban J connectivity index is 2.39. The number of imide groups is 1. The minimum atomic E-state index is -0.180. The van der Waals surface area contributed by atoms with E-state index in [-0.39, 0.29) is 23.8 Å². The highest BCUT2D eigenvalue weighted by molar-refractivity contribution is 6.21. The van der Waals surface area contributed by atoms with E-state index in [1.54, 1.807) is 24.3 Å². The molecule has 3 nitrogen and oxygen atoms in total. The van der Waals surface area contributed by atoms with Crippen LogP contribution in [0.15, 0.2) is 36.4 Å². The smallest absolute Gasteiger partial charge is 0.261 e. The lowest BCUT2D eigenvalue weighted by atomic mass is 9.96. The Morgan fingerprint density at radius 3 is 2.00 bits per heavy atom. The van der Waals surface area contributed by atoms with Crippen molar-refractivity contribution in [3.63, 3.8) is 0 Å². The van der Waals surface area contributed by atoms with Gasteiger partial charge in [-0.25, -0.2) is 0 Å². The van der Waals surface area contributed by atoms with Crippen molar-refractivity contribution in [1.29, 1.82) is 0 Å². The van der Waals surface area contributed by atoms with Crippen molar-refractivity contribution in [2.45, 2.75) is 33.2 Å². The Kier molecular flexibility index (Phi) is 3.56. The average Bonchev–Trinajstić information content (AvgIpc) is 2.60. The van der Waals surface area contributed by atoms with Gasteiger partial charge in [-0.2, -0.15) is 0 Å². The van der Waals surface area contributed by atoms with E-state index in [1.165, 1.54) is 4.90 Å². The summed E-state index contributed by atoms with van der Waals surface area (Å²) in [5.74, 6) is -0.153. The molecule has 1 heterocycles. The maximum absolute atomic E-state index is 12.4. The zero-order valence-corrected chi connectivity index (χ0v) is 11.6. The van der Waals surface area contributed by atoms with Crippen molar-refractivity contribution in [1.82, 2.24) is 4.90 Å². The second-order valence-corrected chi connectivity index (χ2v) is 5.50. The van der Waals surface area contributed by atoms with E-state index in [1.807, 2.05) is 20.8 Å². The molecule has 0 bridgehead atoms. The SMILES string of the molecule is C=C(C)C[C@H](C(C)C)N1C(=O)c2ccccc2C1=O. The van der Waals surface area contributed by atoms with Crippen molar-refractivity contribution in [3.8, 4) is 0 Å². The fourth-order valence-corrected chi connectivity index (χ4v) is 2.49. The highest BCUT2D eigenvalue weighted by Crippen LogP contribution is 2.29. The number of hydrogen-bond donors (Lipinski definition) is 0. The molecule has 19 heavy (non-hydrogen) atoms. The molecule has 0 saturated carbocycles. The number of nitrogens with zero attached hydrogens (tertiary/aromatic N) is 1. The summed E-state index contributed by atoms with van der Waals surface area (Å²) in [4.78, 5) is 26.2. The van der Waals surface area contributed by atoms with Crippen molar-refractivity contribution >= 4 is 11.8 Å². The third-order valence-corrected chi connectivity index (χ3v) is 3.48. The molecule has 1 aromatic carbocycles. The van der Waals surface area contributed by atoms with E-state index in [2.05, 4.69) is 6.58 Å². The third kappa shape index (κ3) is 2.33. The Morgan fingerprint density at radius 2 is 1.63 bits per heavy atom. The second-order valence-electron chi connectivity index (χ2n) is 5.50. The van der Waals surface area contributed by atoms with Crippen LogP contribution in [0.2, 0.25) is 0 Å². The molecule has 2 rings (SSSR count). The Labute approximate surface area is 113 Å². The molecule has 0 fully saturated rings. The molecule has 1 aliphatic rings. The van der Waals surface area contributed by atoms with Gasteiger partial charge in [0.2, 0.25) is 0 Å². The summed E-state index contributed by atoms with van der Waals surface area (Å²) in [5.41, 5.74) is 2.01. The van der Waals surface area contributed by atoms with Crippen LogP contribution in [0.4, 0.5) is 0 Å². The van der Waals surface area contributed by atoms with Gasteiger partial charge in [-0.05, 0) is 31.4 Å². The summed E-state index contributed by atoms with van der Waals surface area (Å²) in [7, 11) is 0. The van der Waals surface area contributed by atoms with Gasteiger partial charge in [0.15, 0.2) is 0 Å². The van der Waals surface area contributed by atoms with Crippen LogP contribution >= 0.6 is 0 Å². The van der Waals surface area contributed by atoms with E-state index in [4.69, 9.17) is 0 Å². The molecular weight excluding hydrogens is 238 g/mol. The maximum atomic E-state index is 12.4. The highest BCUT2D eigenvalue weighted by atomic mass is 16.2. The minimum Gasteiger partial charge on any atom is -0.271 e. The fourth-order valence-electron chi connectivity index (χ4n) is 2.49. The molecule has 0 aromatic heterocycles. The first-order valence-electron chi connectivity index (χ1n) is 6.54. The Hall–Kier alpha value is -1.90. The topological polar surface area (TPSA) is 37.4 Å². The first kappa shape index (κ1) is 13.5. The van der Waals surface area contributed by atoms with E-state index < -0.39 is 0 Å². The molecule has 100 valence electrons. The van der Waals surface area contributed by atoms with Gasteiger partial charge in [-0.15, -0.1) is 6.58 Å². The van der Waals surface area contributed by atoms with Gasteiger partial charge in [0, 0.05) is 6.04 Å². The van der Waals surface area contributed by atoms with Gasteiger partial charge in [0.05, 0.1) is 11.1 Å². The molecule has 0 N–H and O–H groups in total. The van der Waals surface area contributed by atoms with Crippen LogP contribution in [0.3, 0.4) is 0 Å². The number of benzene rings is 1. The third-order valence-electron chi connectivity index (χ3n) is 3.48. The largest absolute Gasteiger partial charge is 0.271 e. The second kappa shape index (κ2) is 5.00. The predicted octanol–water partition coefficient (Wildman–Crippen LogP) is 3.27. The monoisotopic (exact) mass is 257 g/mol. The standard InChI is InChI=1S/C16H19NO2/c1-10(2)9-14(11(3)4)17-15(18)12-7-5-6-8-13(12)16(17)19/h5-8,11,14H,1,9H2,2-4H3/t14-/m1/s1. The molecule has 1 aliphatic heterocycles. The molecule has 0 spiro atoms. The summed E-state index contributed by atoms with van der Waals surface area (Å²) in [6.45, 7) is 9.87. The number of carbonyl (C=O) groups is 2. The van der Waals surface area contributed by atoms with Crippen LogP contribution in [0.5, 0.6) is 0 Å². The summed E-state index contributed by atoms with van der Waals surface area (Å²) < 4.78 is 0. The first-order valence-corrected chi connectivity index (χ1v) is 6.54. The van der Waals surface area contributed by atoms with Crippen molar-refractivity contribution < 1.29 is 9.59 Å². The number of rotatable bonds is 4. The van der Waals surface area contributed by atoms with Gasteiger partial charge < -0.3 is 0 Å². The summed E-state index contributed by atoms with van der Waals surface area (Å²) in [6.07, 6.45) is 0.656. The number of hydrogen-bond acceptors (Lipinski definition) is 2. The lowest BCUT2D eigenvalue weighted by Crippen LogP contribution is -2.43. The molecule has 0 radical (unpaired) electrons. The number of carbonyl (C=O) groups excluding carboxylic acids is 2. The fraction of sp³-hybridized carbons (Fsp3) is 0.375. The van der Waals surface area contributed by atoms with Crippen molar-refractivity contribution in [2.24, 2.45) is 5.92 Å². The molecule has 2 amide bonds. The van der Waals surface area contributed by atoms with E-state index in [0.29, 0.717) is 17.5 Å². The zero-order valence-electron chi connectivity index (χ0n) is 11.6. The van der Waals surface area contributed by atoms with E-state index in [9.17, 15) is 9.59 Å². The summed E-state index contributed by atoms with van der Waals surface area (Å²) >= 11 is 0. The van der Waals surface area contributed by atoms with Crippen molar-refractivity contribution in [3.05, 3.63) is 47.5 Å². The first-order chi connectivity index (χ1) is 8.93. The van der Waals surface area contributed by atoms with Gasteiger partial charge in [-0.1, -0.05) is 31.6 Å². The summed E-state index contributed by atoms with van der Waals surface area (Å²) in [6, 6.07) is 6.89. The van der Waals surface area contributed by atoms with Gasteiger partial charge in [0.1, 0.15) is 0 Å². The summed E-state index contributed by atoms with van der Waals surface area (Å²) in [5, 5.41) is 0. The van der Waals surface area contributed by atoms with Crippen LogP contribution in [0.25, 0.3) is 0 Å². The predicted molar refractivity (Wildman–Crippen MR) is 75.0 cm³/mol. The molecule has 0 saturated heterocycles. The number of fused-ring (bicyclic) bond motifs is 1. The molecule has 3 heteroatoms. The minimum absolute atomic E-state index is 0.120. The van der Waals surface area contributed by atoms with Gasteiger partial charge in [0.25, 0.3) is 11.8 Å². The van der Waals surface area contributed by atoms with Crippen LogP contribution in [-0.4, -0.2) is 22.8 Å². The Morgan fingerprint density at radius 1 is 1.16 bits per heavy atom. The molecule has 0 unspecified atom stereocenters. The molecular formula is C16H19NO2. The highest BCUT2D eigenvalue weighted by Gasteiger charge is 2.40. The lowest BCUT2D eigenvalue weighted by molar-refractivity contribution is 0.0541. The van der Waals surface area contributed by atoms with Crippen LogP contribution in [-0.2, 0) is 0 Å². The van der Waals surface area contributed by atoms with Crippen LogP contribution < -0.4 is 0 Å². The van der Waals surface area contributed by atoms with Crippen LogP contribution in [0, 0.1) is 5.92 Å². The average molecular weight is 257 g/mol. The maximum Gasteiger partial charge on any atom is 0.261 e. The zero-order chi connectivity index (χ0) is 14.2. The van der Waals surface area contributed by atoms with Gasteiger partial charge >= 0.3 is 0 Å².